The molecule has 5 heteroatoms. The van der Waals surface area contributed by atoms with E-state index in [2.05, 4.69) is 0 Å². The highest BCUT2D eigenvalue weighted by molar-refractivity contribution is 7.51. The molecule has 4 nitrogen and oxygen atoms in total. The average molecular weight is 194 g/mol. The van der Waals surface area contributed by atoms with Crippen molar-refractivity contribution < 1.29 is 19.1 Å². The Labute approximate surface area is 72.1 Å². The van der Waals surface area contributed by atoms with Gasteiger partial charge in [0.1, 0.15) is 6.29 Å². The normalized spacial score (nSPS) is 11.5. The van der Waals surface area contributed by atoms with E-state index in [0.717, 1.165) is 25.5 Å². The Morgan fingerprint density at radius 1 is 1.08 bits per heavy atom. The number of carbonyl (C=O) groups is 1. The lowest BCUT2D eigenvalue weighted by Crippen LogP contribution is -1.88. The van der Waals surface area contributed by atoms with Crippen LogP contribution in [-0.2, 0) is 9.36 Å². The van der Waals surface area contributed by atoms with Crippen molar-refractivity contribution in [3.8, 4) is 0 Å². The third kappa shape index (κ3) is 9.82. The summed E-state index contributed by atoms with van der Waals surface area (Å²) in [6.07, 6.45) is 4.42. The van der Waals surface area contributed by atoms with E-state index in [1.807, 2.05) is 0 Å². The lowest BCUT2D eigenvalue weighted by atomic mass is 10.2. The summed E-state index contributed by atoms with van der Waals surface area (Å²) in [6.45, 7) is 0. The van der Waals surface area contributed by atoms with Gasteiger partial charge in [0.15, 0.2) is 0 Å². The molecule has 0 atom stereocenters. The van der Waals surface area contributed by atoms with Crippen molar-refractivity contribution in [3.05, 3.63) is 0 Å². The Morgan fingerprint density at radius 3 is 2.17 bits per heavy atom. The molecule has 0 aromatic carbocycles. The topological polar surface area (TPSA) is 74.6 Å². The molecule has 0 aromatic heterocycles. The summed E-state index contributed by atoms with van der Waals surface area (Å²) in [6, 6.07) is 0. The maximum absolute atomic E-state index is 10.4. The molecule has 0 aromatic rings. The van der Waals surface area contributed by atoms with Crippen LogP contribution in [0.5, 0.6) is 0 Å². The fraction of sp³-hybridized carbons (Fsp3) is 0.857. The predicted molar refractivity (Wildman–Crippen MR) is 46.1 cm³/mol. The molecule has 0 bridgehead atoms. The van der Waals surface area contributed by atoms with E-state index in [-0.39, 0.29) is 6.16 Å². The number of unbranched alkanes of at least 4 members (excludes halogenated alkanes) is 4. The molecule has 72 valence electrons. The van der Waals surface area contributed by atoms with Gasteiger partial charge < -0.3 is 14.6 Å². The maximum atomic E-state index is 10.4. The van der Waals surface area contributed by atoms with Crippen LogP contribution in [0.1, 0.15) is 32.1 Å². The second-order valence-corrected chi connectivity index (χ2v) is 4.53. The van der Waals surface area contributed by atoms with Gasteiger partial charge in [0.05, 0.1) is 0 Å². The summed E-state index contributed by atoms with van der Waals surface area (Å²) in [5.74, 6) is 0. The van der Waals surface area contributed by atoms with Gasteiger partial charge >= 0.3 is 7.60 Å². The molecule has 0 aliphatic rings. The number of hydrogen-bond acceptors (Lipinski definition) is 2. The Balaban J connectivity index is 3.11. The molecule has 0 unspecified atom stereocenters. The van der Waals surface area contributed by atoms with Crippen molar-refractivity contribution in [1.82, 2.24) is 0 Å². The molecule has 0 rings (SSSR count). The molecule has 0 saturated heterocycles. The van der Waals surface area contributed by atoms with E-state index in [4.69, 9.17) is 9.79 Å². The molecule has 0 saturated carbocycles. The molecular formula is C7H15O4P. The zero-order valence-corrected chi connectivity index (χ0v) is 7.87. The minimum Gasteiger partial charge on any atom is -0.324 e. The van der Waals surface area contributed by atoms with E-state index in [1.165, 1.54) is 0 Å². The molecule has 0 radical (unpaired) electrons. The Hall–Kier alpha value is -0.180. The van der Waals surface area contributed by atoms with Gasteiger partial charge in [0, 0.05) is 12.6 Å². The molecular weight excluding hydrogens is 179 g/mol. The SMILES string of the molecule is O=CCCCCCCP(=O)(O)O. The van der Waals surface area contributed by atoms with Crippen molar-refractivity contribution in [2.45, 2.75) is 32.1 Å². The first kappa shape index (κ1) is 11.8. The Morgan fingerprint density at radius 2 is 1.67 bits per heavy atom. The summed E-state index contributed by atoms with van der Waals surface area (Å²) in [7, 11) is -3.79. The van der Waals surface area contributed by atoms with Crippen LogP contribution < -0.4 is 0 Å². The minimum absolute atomic E-state index is 0.0336. The maximum Gasteiger partial charge on any atom is 0.325 e. The highest BCUT2D eigenvalue weighted by Crippen LogP contribution is 2.35. The standard InChI is InChI=1S/C7H15O4P/c8-6-4-2-1-3-5-7-12(9,10)11/h6H,1-5,7H2,(H2,9,10,11). The van der Waals surface area contributed by atoms with Crippen molar-refractivity contribution in [2.24, 2.45) is 0 Å². The first-order chi connectivity index (χ1) is 5.56. The van der Waals surface area contributed by atoms with Crippen molar-refractivity contribution in [3.63, 3.8) is 0 Å². The van der Waals surface area contributed by atoms with E-state index in [9.17, 15) is 9.36 Å². The van der Waals surface area contributed by atoms with E-state index in [0.29, 0.717) is 12.8 Å². The van der Waals surface area contributed by atoms with Crippen LogP contribution in [0.15, 0.2) is 0 Å². The van der Waals surface area contributed by atoms with Gasteiger partial charge in [-0.1, -0.05) is 12.8 Å². The van der Waals surface area contributed by atoms with Crippen LogP contribution in [0.3, 0.4) is 0 Å². The summed E-state index contributed by atoms with van der Waals surface area (Å²) < 4.78 is 10.4. The minimum atomic E-state index is -3.79. The van der Waals surface area contributed by atoms with Crippen LogP contribution in [-0.4, -0.2) is 22.2 Å². The van der Waals surface area contributed by atoms with Crippen LogP contribution in [0.4, 0.5) is 0 Å². The van der Waals surface area contributed by atoms with Gasteiger partial charge in [-0.2, -0.15) is 0 Å². The van der Waals surface area contributed by atoms with E-state index in [1.54, 1.807) is 0 Å². The number of hydrogen-bond donors (Lipinski definition) is 2. The second-order valence-electron chi connectivity index (χ2n) is 2.76. The molecule has 0 aliphatic carbocycles. The fourth-order valence-corrected chi connectivity index (χ4v) is 1.53. The molecule has 0 spiro atoms. The highest BCUT2D eigenvalue weighted by Gasteiger charge is 2.10. The zero-order valence-electron chi connectivity index (χ0n) is 6.98. The van der Waals surface area contributed by atoms with E-state index < -0.39 is 7.60 Å². The quantitative estimate of drug-likeness (QED) is 0.364. The van der Waals surface area contributed by atoms with Crippen molar-refractivity contribution in [1.29, 1.82) is 0 Å². The van der Waals surface area contributed by atoms with Gasteiger partial charge in [-0.15, -0.1) is 0 Å². The van der Waals surface area contributed by atoms with Gasteiger partial charge in [-0.05, 0) is 12.8 Å². The summed E-state index contributed by atoms with van der Waals surface area (Å²) in [5.41, 5.74) is 0. The molecule has 12 heavy (non-hydrogen) atoms. The average Bonchev–Trinajstić information content (AvgIpc) is 1.94. The number of rotatable bonds is 7. The summed E-state index contributed by atoms with van der Waals surface area (Å²) in [4.78, 5) is 26.8. The smallest absolute Gasteiger partial charge is 0.324 e. The third-order valence-electron chi connectivity index (χ3n) is 1.52. The van der Waals surface area contributed by atoms with Crippen molar-refractivity contribution in [2.75, 3.05) is 6.16 Å². The van der Waals surface area contributed by atoms with Crippen LogP contribution in [0, 0.1) is 0 Å². The summed E-state index contributed by atoms with van der Waals surface area (Å²) >= 11 is 0. The largest absolute Gasteiger partial charge is 0.325 e. The lowest BCUT2D eigenvalue weighted by Gasteiger charge is -2.01. The van der Waals surface area contributed by atoms with Crippen LogP contribution >= 0.6 is 7.60 Å². The monoisotopic (exact) mass is 194 g/mol. The van der Waals surface area contributed by atoms with Gasteiger partial charge in [0.2, 0.25) is 0 Å². The van der Waals surface area contributed by atoms with E-state index >= 15 is 0 Å². The van der Waals surface area contributed by atoms with Gasteiger partial charge in [0.25, 0.3) is 0 Å². The second kappa shape index (κ2) is 6.35. The fourth-order valence-electron chi connectivity index (χ4n) is 0.899. The van der Waals surface area contributed by atoms with Crippen LogP contribution in [0.25, 0.3) is 0 Å². The van der Waals surface area contributed by atoms with Gasteiger partial charge in [-0.3, -0.25) is 4.57 Å². The molecule has 2 N–H and O–H groups in total. The Kier molecular flexibility index (Phi) is 6.25. The summed E-state index contributed by atoms with van der Waals surface area (Å²) in [5, 5.41) is 0. The first-order valence-corrected chi connectivity index (χ1v) is 5.84. The predicted octanol–water partition coefficient (Wildman–Crippen LogP) is 1.31. The highest BCUT2D eigenvalue weighted by atomic mass is 31.2. The molecule has 0 fully saturated rings. The molecule has 0 heterocycles. The first-order valence-electron chi connectivity index (χ1n) is 4.04. The lowest BCUT2D eigenvalue weighted by molar-refractivity contribution is -0.107. The van der Waals surface area contributed by atoms with Gasteiger partial charge in [-0.25, -0.2) is 0 Å². The van der Waals surface area contributed by atoms with Crippen molar-refractivity contribution >= 4 is 13.9 Å². The zero-order chi connectivity index (χ0) is 9.45. The molecule has 0 amide bonds. The number of aldehydes is 1. The third-order valence-corrected chi connectivity index (χ3v) is 2.42. The number of carbonyl (C=O) groups excluding carboxylic acids is 1. The molecule has 0 aliphatic heterocycles. The Bertz CT molecular complexity index is 163. The van der Waals surface area contributed by atoms with Crippen LogP contribution in [0.2, 0.25) is 0 Å².